The fourth-order valence-corrected chi connectivity index (χ4v) is 5.80. The van der Waals surface area contributed by atoms with Gasteiger partial charge < -0.3 is 14.1 Å². The average molecular weight is 796 g/mol. The van der Waals surface area contributed by atoms with Gasteiger partial charge in [-0.2, -0.15) is 0 Å². The Morgan fingerprint density at radius 1 is 1.00 bits per heavy atom. The molecule has 0 aliphatic carbocycles. The summed E-state index contributed by atoms with van der Waals surface area (Å²) in [7, 11) is 4.22. The fourth-order valence-electron chi connectivity index (χ4n) is 5.80. The molecule has 0 amide bonds. The van der Waals surface area contributed by atoms with Crippen LogP contribution >= 0.6 is 0 Å². The summed E-state index contributed by atoms with van der Waals surface area (Å²) < 4.78 is 7.61. The van der Waals surface area contributed by atoms with E-state index in [0.717, 1.165) is 64.6 Å². The van der Waals surface area contributed by atoms with Crippen molar-refractivity contribution in [1.82, 2.24) is 4.98 Å². The molecule has 2 aromatic carbocycles. The van der Waals surface area contributed by atoms with Crippen LogP contribution in [0.2, 0.25) is 0 Å². The molecule has 0 saturated carbocycles. The van der Waals surface area contributed by atoms with Gasteiger partial charge >= 0.3 is 0 Å². The summed E-state index contributed by atoms with van der Waals surface area (Å²) in [6.07, 6.45) is 10.4. The average Bonchev–Trinajstić information content (AvgIpc) is 3.51. The van der Waals surface area contributed by atoms with E-state index in [0.29, 0.717) is 0 Å². The maximum absolute atomic E-state index is 11.7. The fraction of sp³-hybridized carbons (Fsp3) is 0.350. The molecule has 0 saturated heterocycles. The van der Waals surface area contributed by atoms with E-state index in [1.165, 1.54) is 17.0 Å². The first-order valence-electron chi connectivity index (χ1n) is 16.1. The van der Waals surface area contributed by atoms with Crippen LogP contribution in [0.15, 0.2) is 89.5 Å². The van der Waals surface area contributed by atoms with E-state index >= 15 is 0 Å². The first-order valence-corrected chi connectivity index (χ1v) is 16.1. The summed E-state index contributed by atoms with van der Waals surface area (Å²) in [6.45, 7) is 14.8. The normalized spacial score (nSPS) is 11.9. The van der Waals surface area contributed by atoms with Crippen LogP contribution in [-0.4, -0.2) is 15.9 Å². The standard InChI is InChI=1S/C27H23N2O.C13H24O2.Ir/c1-27(2,3)23-16-20(15-18-7-5-6-8-21(18)23)25-17-19(10-13-29(25)4)22-9-12-28-24-11-14-30-26(22)24;1-5-10(6-2)12(14)9-13(15)11(7-3)8-4;/h5-14,16-17H,4H2,1-3H3;9-11,14H,5-8H2,1-4H3;/q-1;;/b;12-9-;. The van der Waals surface area contributed by atoms with Gasteiger partial charge in [-0.25, -0.2) is 0 Å². The SMILES string of the molecule is CCC(CC)C(=O)/C=C(\O)C(CC)CC.[CH2-][n+]1ccc(-c2ccnc3ccoc23)cc1-c1[c-]c2ccccc2c(C(C)(C)C)c1.[Ir]. The smallest absolute Gasteiger partial charge is 0.162 e. The Labute approximate surface area is 288 Å². The molecule has 0 atom stereocenters. The minimum absolute atomic E-state index is 0. The quantitative estimate of drug-likeness (QED) is 0.0699. The van der Waals surface area contributed by atoms with E-state index in [2.05, 4.69) is 81.3 Å². The maximum atomic E-state index is 11.7. The number of aliphatic hydroxyl groups is 1. The third-order valence-electron chi connectivity index (χ3n) is 8.63. The molecule has 5 rings (SSSR count). The molecular weight excluding hydrogens is 749 g/mol. The van der Waals surface area contributed by atoms with Gasteiger partial charge in [0.05, 0.1) is 18.2 Å². The van der Waals surface area contributed by atoms with Gasteiger partial charge in [-0.05, 0) is 54.9 Å². The topological polar surface area (TPSA) is 67.2 Å². The molecular formula is C40H47IrN2O3-. The van der Waals surface area contributed by atoms with Gasteiger partial charge in [0.2, 0.25) is 0 Å². The van der Waals surface area contributed by atoms with Gasteiger partial charge in [0.1, 0.15) is 11.2 Å². The Kier molecular flexibility index (Phi) is 12.9. The zero-order valence-corrected chi connectivity index (χ0v) is 30.6. The van der Waals surface area contributed by atoms with Gasteiger partial charge in [0.25, 0.3) is 0 Å². The number of nitrogens with zero attached hydrogens (tertiary/aromatic N) is 2. The van der Waals surface area contributed by atoms with Gasteiger partial charge in [-0.3, -0.25) is 9.78 Å². The van der Waals surface area contributed by atoms with Crippen LogP contribution < -0.4 is 4.57 Å². The first-order chi connectivity index (χ1) is 21.5. The predicted octanol–water partition coefficient (Wildman–Crippen LogP) is 10.2. The van der Waals surface area contributed by atoms with Crippen molar-refractivity contribution < 1.29 is 39.0 Å². The number of fused-ring (bicyclic) bond motifs is 2. The van der Waals surface area contributed by atoms with Crippen molar-refractivity contribution in [2.45, 2.75) is 79.6 Å². The Hall–Kier alpha value is -3.73. The van der Waals surface area contributed by atoms with Crippen LogP contribution in [0.4, 0.5) is 0 Å². The molecule has 3 aromatic heterocycles. The molecule has 1 radical (unpaired) electrons. The van der Waals surface area contributed by atoms with Crippen molar-refractivity contribution in [3.63, 3.8) is 0 Å². The molecule has 0 bridgehead atoms. The molecule has 0 spiro atoms. The zero-order chi connectivity index (χ0) is 32.7. The van der Waals surface area contributed by atoms with Gasteiger partial charge in [-0.1, -0.05) is 77.6 Å². The molecule has 0 fully saturated rings. The van der Waals surface area contributed by atoms with Crippen molar-refractivity contribution in [3.05, 3.63) is 104 Å². The molecule has 245 valence electrons. The van der Waals surface area contributed by atoms with E-state index in [1.54, 1.807) is 6.26 Å². The Balaban J connectivity index is 0.000000309. The van der Waals surface area contributed by atoms with E-state index in [1.807, 2.05) is 56.8 Å². The number of hydrogen-bond acceptors (Lipinski definition) is 4. The van der Waals surface area contributed by atoms with Crippen LogP contribution in [0.5, 0.6) is 0 Å². The second-order valence-corrected chi connectivity index (χ2v) is 12.7. The second kappa shape index (κ2) is 16.2. The number of allylic oxidation sites excluding steroid dienone is 2. The number of benzene rings is 2. The summed E-state index contributed by atoms with van der Waals surface area (Å²) in [5.74, 6) is 0.547. The van der Waals surface area contributed by atoms with E-state index in [-0.39, 0.29) is 48.9 Å². The van der Waals surface area contributed by atoms with Gasteiger partial charge in [-0.15, -0.1) is 29.1 Å². The molecule has 6 heteroatoms. The van der Waals surface area contributed by atoms with E-state index < -0.39 is 0 Å². The number of pyridine rings is 2. The number of furan rings is 1. The molecule has 0 aliphatic heterocycles. The number of hydrogen-bond donors (Lipinski definition) is 1. The van der Waals surface area contributed by atoms with Crippen molar-refractivity contribution in [2.24, 2.45) is 11.8 Å². The zero-order valence-electron chi connectivity index (χ0n) is 28.2. The molecule has 1 N–H and O–H groups in total. The van der Waals surface area contributed by atoms with Crippen LogP contribution in [0.3, 0.4) is 0 Å². The van der Waals surface area contributed by atoms with Crippen molar-refractivity contribution in [1.29, 1.82) is 0 Å². The Morgan fingerprint density at radius 2 is 1.67 bits per heavy atom. The van der Waals surface area contributed by atoms with Crippen LogP contribution in [0.1, 0.15) is 79.7 Å². The molecule has 5 aromatic rings. The number of aromatic nitrogens is 2. The number of carbonyl (C=O) groups is 1. The number of rotatable bonds is 9. The summed E-state index contributed by atoms with van der Waals surface area (Å²) in [5, 5.41) is 12.1. The first kappa shape index (κ1) is 36.7. The van der Waals surface area contributed by atoms with Crippen LogP contribution in [0, 0.1) is 24.9 Å². The minimum atomic E-state index is 0. The number of ketones is 1. The summed E-state index contributed by atoms with van der Waals surface area (Å²) in [5.41, 5.74) is 7.07. The van der Waals surface area contributed by atoms with Crippen LogP contribution in [-0.2, 0) is 30.3 Å². The summed E-state index contributed by atoms with van der Waals surface area (Å²) in [4.78, 5) is 16.1. The van der Waals surface area contributed by atoms with E-state index in [4.69, 9.17) is 4.42 Å². The van der Waals surface area contributed by atoms with Crippen LogP contribution in [0.25, 0.3) is 44.3 Å². The van der Waals surface area contributed by atoms with Crippen molar-refractivity contribution >= 4 is 27.7 Å². The summed E-state index contributed by atoms with van der Waals surface area (Å²) in [6, 6.07) is 22.4. The maximum Gasteiger partial charge on any atom is 0.162 e. The summed E-state index contributed by atoms with van der Waals surface area (Å²) >= 11 is 0. The van der Waals surface area contributed by atoms with Gasteiger partial charge in [0, 0.05) is 62.9 Å². The molecule has 3 heterocycles. The molecule has 46 heavy (non-hydrogen) atoms. The third kappa shape index (κ3) is 8.34. The number of carbonyl (C=O) groups excluding carboxylic acids is 1. The second-order valence-electron chi connectivity index (χ2n) is 12.7. The van der Waals surface area contributed by atoms with E-state index in [9.17, 15) is 9.90 Å². The predicted molar refractivity (Wildman–Crippen MR) is 185 cm³/mol. The van der Waals surface area contributed by atoms with Crippen molar-refractivity contribution in [2.75, 3.05) is 0 Å². The number of aliphatic hydroxyl groups excluding tert-OH is 1. The molecule has 5 nitrogen and oxygen atoms in total. The van der Waals surface area contributed by atoms with Crippen molar-refractivity contribution in [3.8, 4) is 22.4 Å². The molecule has 0 unspecified atom stereocenters. The monoisotopic (exact) mass is 796 g/mol. The molecule has 0 aliphatic rings. The van der Waals surface area contributed by atoms with Gasteiger partial charge in [0.15, 0.2) is 11.4 Å². The third-order valence-corrected chi connectivity index (χ3v) is 8.63. The Morgan fingerprint density at radius 3 is 2.33 bits per heavy atom. The largest absolute Gasteiger partial charge is 0.512 e. The Bertz CT molecular complexity index is 1790. The minimum Gasteiger partial charge on any atom is -0.512 e.